The van der Waals surface area contributed by atoms with Crippen molar-refractivity contribution >= 4 is 6.03 Å². The zero-order chi connectivity index (χ0) is 16.8. The molecule has 7 heteroatoms. The van der Waals surface area contributed by atoms with Crippen molar-refractivity contribution in [2.45, 2.75) is 25.4 Å². The number of aromatic nitrogens is 2. The van der Waals surface area contributed by atoms with Crippen LogP contribution < -0.4 is 20.1 Å². The number of hydrogen-bond acceptors (Lipinski definition) is 5. The number of rotatable bonds is 4. The summed E-state index contributed by atoms with van der Waals surface area (Å²) < 4.78 is 11.2. The number of carbonyl (C=O) groups is 1. The number of nitrogens with zero attached hydrogens (tertiary/aromatic N) is 2. The van der Waals surface area contributed by atoms with E-state index in [1.807, 2.05) is 18.2 Å². The topological polar surface area (TPSA) is 85.4 Å². The summed E-state index contributed by atoms with van der Waals surface area (Å²) in [4.78, 5) is 20.3. The zero-order valence-corrected chi connectivity index (χ0v) is 13.5. The van der Waals surface area contributed by atoms with E-state index in [1.165, 1.54) is 0 Å². The predicted molar refractivity (Wildman–Crippen MR) is 87.9 cm³/mol. The summed E-state index contributed by atoms with van der Waals surface area (Å²) in [6, 6.07) is 5.34. The van der Waals surface area contributed by atoms with Crippen molar-refractivity contribution in [3.8, 4) is 11.5 Å². The standard InChI is InChI=1S/C17H20N4O3/c1-23-15-6-2-4-13-14(5-3-9-24-16(13)15)21-17(22)20-11-12-10-18-7-8-19-12/h2,4,6-8,10,14H,3,5,9,11H2,1H3,(H2,20,21,22). The number of urea groups is 1. The van der Waals surface area contributed by atoms with Crippen molar-refractivity contribution in [3.05, 3.63) is 48.0 Å². The Bertz CT molecular complexity index is 693. The number of fused-ring (bicyclic) bond motifs is 1. The maximum Gasteiger partial charge on any atom is 0.315 e. The van der Waals surface area contributed by atoms with Gasteiger partial charge >= 0.3 is 6.03 Å². The van der Waals surface area contributed by atoms with E-state index in [-0.39, 0.29) is 12.1 Å². The molecule has 1 unspecified atom stereocenters. The van der Waals surface area contributed by atoms with Crippen LogP contribution in [-0.4, -0.2) is 29.7 Å². The SMILES string of the molecule is COc1cccc2c1OCCCC2NC(=O)NCc1cnccn1. The minimum Gasteiger partial charge on any atom is -0.493 e. The molecule has 1 aromatic carbocycles. The maximum absolute atomic E-state index is 12.2. The van der Waals surface area contributed by atoms with Crippen molar-refractivity contribution in [2.24, 2.45) is 0 Å². The molecular formula is C17H20N4O3. The Morgan fingerprint density at radius 3 is 3.12 bits per heavy atom. The van der Waals surface area contributed by atoms with Gasteiger partial charge < -0.3 is 20.1 Å². The summed E-state index contributed by atoms with van der Waals surface area (Å²) in [5.74, 6) is 1.39. The van der Waals surface area contributed by atoms with E-state index in [4.69, 9.17) is 9.47 Å². The fourth-order valence-electron chi connectivity index (χ4n) is 2.69. The van der Waals surface area contributed by atoms with Crippen LogP contribution in [0.3, 0.4) is 0 Å². The van der Waals surface area contributed by atoms with Crippen LogP contribution in [0.2, 0.25) is 0 Å². The molecule has 0 fully saturated rings. The third-order valence-corrected chi connectivity index (χ3v) is 3.84. The number of para-hydroxylation sites is 1. The lowest BCUT2D eigenvalue weighted by Crippen LogP contribution is -2.37. The Hall–Kier alpha value is -2.83. The highest BCUT2D eigenvalue weighted by Crippen LogP contribution is 2.38. The van der Waals surface area contributed by atoms with Gasteiger partial charge in [0.15, 0.2) is 11.5 Å². The second-order valence-electron chi connectivity index (χ2n) is 5.45. The molecule has 24 heavy (non-hydrogen) atoms. The molecule has 0 saturated carbocycles. The molecule has 2 aromatic rings. The van der Waals surface area contributed by atoms with Crippen LogP contribution in [0.4, 0.5) is 4.79 Å². The van der Waals surface area contributed by atoms with E-state index >= 15 is 0 Å². The molecule has 0 radical (unpaired) electrons. The highest BCUT2D eigenvalue weighted by molar-refractivity contribution is 5.74. The van der Waals surface area contributed by atoms with Gasteiger partial charge in [0, 0.05) is 18.0 Å². The van der Waals surface area contributed by atoms with E-state index in [2.05, 4.69) is 20.6 Å². The molecule has 1 atom stereocenters. The monoisotopic (exact) mass is 328 g/mol. The van der Waals surface area contributed by atoms with E-state index in [9.17, 15) is 4.79 Å². The summed E-state index contributed by atoms with van der Waals surface area (Å²) in [5, 5.41) is 5.80. The number of nitrogens with one attached hydrogen (secondary N) is 2. The minimum atomic E-state index is -0.249. The van der Waals surface area contributed by atoms with Crippen molar-refractivity contribution in [3.63, 3.8) is 0 Å². The second kappa shape index (κ2) is 7.63. The molecule has 3 rings (SSSR count). The first-order chi connectivity index (χ1) is 11.8. The molecule has 1 aromatic heterocycles. The van der Waals surface area contributed by atoms with Crippen LogP contribution in [-0.2, 0) is 6.54 Å². The molecule has 2 amide bonds. The number of ether oxygens (including phenoxy) is 2. The average Bonchev–Trinajstić information content (AvgIpc) is 2.83. The molecule has 1 aliphatic heterocycles. The maximum atomic E-state index is 12.2. The fraction of sp³-hybridized carbons (Fsp3) is 0.353. The van der Waals surface area contributed by atoms with Crippen LogP contribution in [0.1, 0.15) is 30.1 Å². The molecule has 1 aliphatic rings. The van der Waals surface area contributed by atoms with Crippen LogP contribution in [0.15, 0.2) is 36.8 Å². The van der Waals surface area contributed by atoms with Gasteiger partial charge in [-0.2, -0.15) is 0 Å². The van der Waals surface area contributed by atoms with E-state index in [0.29, 0.717) is 30.3 Å². The number of hydrogen-bond donors (Lipinski definition) is 2. The number of benzene rings is 1. The molecular weight excluding hydrogens is 308 g/mol. The summed E-state index contributed by atoms with van der Waals surface area (Å²) >= 11 is 0. The van der Waals surface area contributed by atoms with E-state index in [1.54, 1.807) is 25.7 Å². The van der Waals surface area contributed by atoms with Gasteiger partial charge in [-0.25, -0.2) is 4.79 Å². The van der Waals surface area contributed by atoms with Gasteiger partial charge in [-0.15, -0.1) is 0 Å². The Balaban J connectivity index is 1.67. The Morgan fingerprint density at radius 2 is 2.33 bits per heavy atom. The summed E-state index contributed by atoms with van der Waals surface area (Å²) in [7, 11) is 1.61. The number of methoxy groups -OCH3 is 1. The normalized spacial score (nSPS) is 16.3. The molecule has 0 bridgehead atoms. The highest BCUT2D eigenvalue weighted by atomic mass is 16.5. The number of carbonyl (C=O) groups excluding carboxylic acids is 1. The lowest BCUT2D eigenvalue weighted by molar-refractivity contribution is 0.235. The van der Waals surface area contributed by atoms with Gasteiger partial charge in [0.25, 0.3) is 0 Å². The lowest BCUT2D eigenvalue weighted by atomic mass is 10.0. The van der Waals surface area contributed by atoms with Gasteiger partial charge in [-0.3, -0.25) is 9.97 Å². The molecule has 126 valence electrons. The third kappa shape index (κ3) is 3.73. The van der Waals surface area contributed by atoms with E-state index < -0.39 is 0 Å². The minimum absolute atomic E-state index is 0.126. The van der Waals surface area contributed by atoms with Crippen molar-refractivity contribution in [1.29, 1.82) is 0 Å². The molecule has 0 saturated heterocycles. The molecule has 0 aliphatic carbocycles. The summed E-state index contributed by atoms with van der Waals surface area (Å²) in [5.41, 5.74) is 1.64. The van der Waals surface area contributed by atoms with E-state index in [0.717, 1.165) is 18.4 Å². The molecule has 2 heterocycles. The van der Waals surface area contributed by atoms with Crippen molar-refractivity contribution < 1.29 is 14.3 Å². The molecule has 0 spiro atoms. The largest absolute Gasteiger partial charge is 0.493 e. The van der Waals surface area contributed by atoms with Gasteiger partial charge in [0.2, 0.25) is 0 Å². The van der Waals surface area contributed by atoms with Crippen LogP contribution in [0, 0.1) is 0 Å². The Kier molecular flexibility index (Phi) is 5.10. The van der Waals surface area contributed by atoms with Gasteiger partial charge in [-0.05, 0) is 18.9 Å². The van der Waals surface area contributed by atoms with Crippen molar-refractivity contribution in [1.82, 2.24) is 20.6 Å². The first-order valence-electron chi connectivity index (χ1n) is 7.87. The summed E-state index contributed by atoms with van der Waals surface area (Å²) in [6.07, 6.45) is 6.48. The number of amides is 2. The first kappa shape index (κ1) is 16.0. The fourth-order valence-corrected chi connectivity index (χ4v) is 2.69. The zero-order valence-electron chi connectivity index (χ0n) is 13.5. The van der Waals surface area contributed by atoms with Crippen LogP contribution in [0.25, 0.3) is 0 Å². The smallest absolute Gasteiger partial charge is 0.315 e. The van der Waals surface area contributed by atoms with Crippen LogP contribution in [0.5, 0.6) is 11.5 Å². The Labute approximate surface area is 140 Å². The predicted octanol–water partition coefficient (Wildman–Crippen LogP) is 2.20. The van der Waals surface area contributed by atoms with Gasteiger partial charge in [-0.1, -0.05) is 12.1 Å². The lowest BCUT2D eigenvalue weighted by Gasteiger charge is -2.19. The Morgan fingerprint density at radius 1 is 1.42 bits per heavy atom. The molecule has 2 N–H and O–H groups in total. The highest BCUT2D eigenvalue weighted by Gasteiger charge is 2.23. The average molecular weight is 328 g/mol. The van der Waals surface area contributed by atoms with Gasteiger partial charge in [0.05, 0.1) is 38.2 Å². The quantitative estimate of drug-likeness (QED) is 0.899. The van der Waals surface area contributed by atoms with Gasteiger partial charge in [0.1, 0.15) is 0 Å². The third-order valence-electron chi connectivity index (χ3n) is 3.84. The van der Waals surface area contributed by atoms with Crippen LogP contribution >= 0.6 is 0 Å². The summed E-state index contributed by atoms with van der Waals surface area (Å²) in [6.45, 7) is 0.931. The second-order valence-corrected chi connectivity index (χ2v) is 5.45. The molecule has 7 nitrogen and oxygen atoms in total. The first-order valence-corrected chi connectivity index (χ1v) is 7.87. The van der Waals surface area contributed by atoms with Crippen molar-refractivity contribution in [2.75, 3.05) is 13.7 Å².